The van der Waals surface area contributed by atoms with Crippen molar-refractivity contribution in [1.82, 2.24) is 14.5 Å². The van der Waals surface area contributed by atoms with Crippen LogP contribution in [0, 0.1) is 5.92 Å². The Morgan fingerprint density at radius 2 is 2.26 bits per heavy atom. The van der Waals surface area contributed by atoms with E-state index in [1.807, 2.05) is 25.6 Å². The van der Waals surface area contributed by atoms with Gasteiger partial charge in [0.2, 0.25) is 5.91 Å². The molecule has 2 rings (SSSR count). The lowest BCUT2D eigenvalue weighted by atomic mass is 10.0. The third-order valence-corrected chi connectivity index (χ3v) is 3.50. The summed E-state index contributed by atoms with van der Waals surface area (Å²) in [7, 11) is 1.86. The molecule has 1 aromatic heterocycles. The van der Waals surface area contributed by atoms with Crippen molar-refractivity contribution in [3.63, 3.8) is 0 Å². The van der Waals surface area contributed by atoms with E-state index in [1.165, 1.54) is 0 Å². The monoisotopic (exact) mass is 261 g/mol. The first-order valence-corrected chi connectivity index (χ1v) is 7.04. The van der Waals surface area contributed by atoms with Crippen molar-refractivity contribution in [3.8, 4) is 0 Å². The van der Waals surface area contributed by atoms with Crippen LogP contribution in [-0.4, -0.2) is 34.0 Å². The van der Waals surface area contributed by atoms with E-state index >= 15 is 0 Å². The van der Waals surface area contributed by atoms with Gasteiger partial charge < -0.3 is 9.47 Å². The number of carbonyl (C=O) groups excluding carboxylic acids is 1. The quantitative estimate of drug-likeness (QED) is 0.781. The molecular formula is C15H23N3O. The van der Waals surface area contributed by atoms with Crippen molar-refractivity contribution in [3.05, 3.63) is 23.8 Å². The molecule has 4 nitrogen and oxygen atoms in total. The molecule has 0 saturated carbocycles. The molecular weight excluding hydrogens is 238 g/mol. The number of piperidine rings is 1. The van der Waals surface area contributed by atoms with Crippen LogP contribution in [0.3, 0.4) is 0 Å². The van der Waals surface area contributed by atoms with Gasteiger partial charge in [-0.1, -0.05) is 13.8 Å². The van der Waals surface area contributed by atoms with E-state index in [1.54, 1.807) is 4.90 Å². The summed E-state index contributed by atoms with van der Waals surface area (Å²) in [6.45, 7) is 6.29. The van der Waals surface area contributed by atoms with Gasteiger partial charge >= 0.3 is 0 Å². The minimum atomic E-state index is 0.142. The largest absolute Gasteiger partial charge is 0.342 e. The van der Waals surface area contributed by atoms with Crippen molar-refractivity contribution >= 4 is 12.0 Å². The first kappa shape index (κ1) is 13.8. The standard InChI is InChI=1S/C15H23N3O/c1-12(2)6-8-18-10-14(16-11-18)9-13-5-4-7-17(3)15(13)19/h9-12H,4-8H2,1-3H3. The lowest BCUT2D eigenvalue weighted by molar-refractivity contribution is -0.127. The van der Waals surface area contributed by atoms with Crippen LogP contribution in [0.1, 0.15) is 38.8 Å². The second-order valence-electron chi connectivity index (χ2n) is 5.72. The van der Waals surface area contributed by atoms with E-state index < -0.39 is 0 Å². The van der Waals surface area contributed by atoms with Gasteiger partial charge in [-0.15, -0.1) is 0 Å². The van der Waals surface area contributed by atoms with E-state index in [0.29, 0.717) is 5.92 Å². The van der Waals surface area contributed by atoms with E-state index in [-0.39, 0.29) is 5.91 Å². The van der Waals surface area contributed by atoms with Crippen molar-refractivity contribution < 1.29 is 4.79 Å². The highest BCUT2D eigenvalue weighted by Crippen LogP contribution is 2.18. The van der Waals surface area contributed by atoms with Crippen molar-refractivity contribution in [1.29, 1.82) is 0 Å². The average molecular weight is 261 g/mol. The molecule has 1 saturated heterocycles. The highest BCUT2D eigenvalue weighted by atomic mass is 16.2. The summed E-state index contributed by atoms with van der Waals surface area (Å²) in [4.78, 5) is 18.1. The minimum Gasteiger partial charge on any atom is -0.342 e. The molecule has 0 atom stereocenters. The van der Waals surface area contributed by atoms with E-state index in [9.17, 15) is 4.79 Å². The molecule has 104 valence electrons. The summed E-state index contributed by atoms with van der Waals surface area (Å²) in [6, 6.07) is 0. The predicted octanol–water partition coefficient (Wildman–Crippen LogP) is 2.56. The highest BCUT2D eigenvalue weighted by molar-refractivity contribution is 5.98. The fraction of sp³-hybridized carbons (Fsp3) is 0.600. The fourth-order valence-electron chi connectivity index (χ4n) is 2.25. The third kappa shape index (κ3) is 3.69. The first-order valence-electron chi connectivity index (χ1n) is 7.04. The van der Waals surface area contributed by atoms with Crippen LogP contribution in [0.15, 0.2) is 18.1 Å². The summed E-state index contributed by atoms with van der Waals surface area (Å²) in [5.41, 5.74) is 1.77. The Hall–Kier alpha value is -1.58. The molecule has 0 unspecified atom stereocenters. The van der Waals surface area contributed by atoms with Crippen LogP contribution in [-0.2, 0) is 11.3 Å². The van der Waals surface area contributed by atoms with E-state index in [4.69, 9.17) is 0 Å². The molecule has 0 N–H and O–H groups in total. The lowest BCUT2D eigenvalue weighted by Crippen LogP contribution is -2.33. The second-order valence-corrected chi connectivity index (χ2v) is 5.72. The molecule has 0 radical (unpaired) electrons. The van der Waals surface area contributed by atoms with Crippen molar-refractivity contribution in [2.45, 2.75) is 39.7 Å². The van der Waals surface area contributed by atoms with Crippen LogP contribution < -0.4 is 0 Å². The highest BCUT2D eigenvalue weighted by Gasteiger charge is 2.19. The van der Waals surface area contributed by atoms with Gasteiger partial charge in [-0.25, -0.2) is 4.98 Å². The van der Waals surface area contributed by atoms with Gasteiger partial charge in [0.05, 0.1) is 12.0 Å². The Kier molecular flexibility index (Phi) is 4.40. The number of amides is 1. The van der Waals surface area contributed by atoms with Crippen LogP contribution in [0.4, 0.5) is 0 Å². The van der Waals surface area contributed by atoms with Gasteiger partial charge in [-0.05, 0) is 31.3 Å². The zero-order valence-electron chi connectivity index (χ0n) is 12.1. The molecule has 1 aromatic rings. The number of hydrogen-bond donors (Lipinski definition) is 0. The number of likely N-dealkylation sites (tertiary alicyclic amines) is 1. The van der Waals surface area contributed by atoms with Gasteiger partial charge in [-0.2, -0.15) is 0 Å². The SMILES string of the molecule is CC(C)CCn1cnc(C=C2CCCN(C)C2=O)c1. The molecule has 1 fully saturated rings. The Morgan fingerprint density at radius 1 is 1.47 bits per heavy atom. The summed E-state index contributed by atoms with van der Waals surface area (Å²) in [5.74, 6) is 0.834. The second kappa shape index (κ2) is 6.04. The Balaban J connectivity index is 2.04. The summed E-state index contributed by atoms with van der Waals surface area (Å²) >= 11 is 0. The van der Waals surface area contributed by atoms with Gasteiger partial charge in [0.15, 0.2) is 0 Å². The lowest BCUT2D eigenvalue weighted by Gasteiger charge is -2.24. The zero-order valence-corrected chi connectivity index (χ0v) is 12.1. The predicted molar refractivity (Wildman–Crippen MR) is 76.5 cm³/mol. The van der Waals surface area contributed by atoms with Gasteiger partial charge in [0.1, 0.15) is 0 Å². The van der Waals surface area contributed by atoms with E-state index in [2.05, 4.69) is 23.4 Å². The first-order chi connectivity index (χ1) is 9.06. The normalized spacial score (nSPS) is 18.6. The number of carbonyl (C=O) groups is 1. The number of likely N-dealkylation sites (N-methyl/N-ethyl adjacent to an activating group) is 1. The topological polar surface area (TPSA) is 38.1 Å². The molecule has 2 heterocycles. The fourth-order valence-corrected chi connectivity index (χ4v) is 2.25. The number of imidazole rings is 1. The average Bonchev–Trinajstić information content (AvgIpc) is 2.80. The van der Waals surface area contributed by atoms with Gasteiger partial charge in [-0.3, -0.25) is 4.79 Å². The Labute approximate surface area is 115 Å². The third-order valence-electron chi connectivity index (χ3n) is 3.50. The molecule has 1 aliphatic heterocycles. The van der Waals surface area contributed by atoms with E-state index in [0.717, 1.165) is 43.6 Å². The van der Waals surface area contributed by atoms with Crippen molar-refractivity contribution in [2.75, 3.05) is 13.6 Å². The number of aromatic nitrogens is 2. The molecule has 4 heteroatoms. The molecule has 0 bridgehead atoms. The van der Waals surface area contributed by atoms with Gasteiger partial charge in [0.25, 0.3) is 0 Å². The molecule has 0 aliphatic carbocycles. The smallest absolute Gasteiger partial charge is 0.249 e. The van der Waals surface area contributed by atoms with Crippen LogP contribution in [0.25, 0.3) is 6.08 Å². The number of nitrogens with zero attached hydrogens (tertiary/aromatic N) is 3. The molecule has 19 heavy (non-hydrogen) atoms. The minimum absolute atomic E-state index is 0.142. The van der Waals surface area contributed by atoms with Crippen LogP contribution in [0.2, 0.25) is 0 Å². The molecule has 1 amide bonds. The van der Waals surface area contributed by atoms with Crippen molar-refractivity contribution in [2.24, 2.45) is 5.92 Å². The molecule has 0 aromatic carbocycles. The molecule has 1 aliphatic rings. The maximum absolute atomic E-state index is 12.0. The Morgan fingerprint density at radius 3 is 3.00 bits per heavy atom. The van der Waals surface area contributed by atoms with Crippen LogP contribution in [0.5, 0.6) is 0 Å². The van der Waals surface area contributed by atoms with Gasteiger partial charge in [0, 0.05) is 31.9 Å². The summed E-state index contributed by atoms with van der Waals surface area (Å²) in [5, 5.41) is 0. The number of aryl methyl sites for hydroxylation is 1. The maximum Gasteiger partial charge on any atom is 0.249 e. The number of hydrogen-bond acceptors (Lipinski definition) is 2. The summed E-state index contributed by atoms with van der Waals surface area (Å²) in [6.07, 6.45) is 8.87. The van der Waals surface area contributed by atoms with Crippen LogP contribution >= 0.6 is 0 Å². The molecule has 0 spiro atoms. The Bertz CT molecular complexity index is 473. The number of rotatable bonds is 4. The zero-order chi connectivity index (χ0) is 13.8. The summed E-state index contributed by atoms with van der Waals surface area (Å²) < 4.78 is 2.10. The maximum atomic E-state index is 12.0.